The molecule has 0 saturated heterocycles. The molecule has 4 nitrogen and oxygen atoms in total. The molecule has 19 heavy (non-hydrogen) atoms. The fourth-order valence-corrected chi connectivity index (χ4v) is 2.30. The third kappa shape index (κ3) is 2.01. The second-order valence-corrected chi connectivity index (χ2v) is 4.60. The van der Waals surface area contributed by atoms with Gasteiger partial charge in [0, 0.05) is 12.4 Å². The van der Waals surface area contributed by atoms with Crippen LogP contribution in [0, 0.1) is 5.95 Å². The van der Waals surface area contributed by atoms with E-state index in [1.54, 1.807) is 18.3 Å². The minimum atomic E-state index is -0.539. The molecule has 0 spiro atoms. The Morgan fingerprint density at radius 1 is 1.53 bits per heavy atom. The Bertz CT molecular complexity index is 632. The van der Waals surface area contributed by atoms with Crippen LogP contribution in [0.3, 0.4) is 0 Å². The average Bonchev–Trinajstić information content (AvgIpc) is 3.18. The van der Waals surface area contributed by atoms with Crippen LogP contribution in [0.5, 0.6) is 0 Å². The van der Waals surface area contributed by atoms with E-state index < -0.39 is 11.9 Å². The average molecular weight is 260 g/mol. The largest absolute Gasteiger partial charge is 0.465 e. The number of H-pyrrole nitrogens is 1. The minimum absolute atomic E-state index is 0.301. The standard InChI is InChI=1S/C14H13FN2O2/c1-19-14(18)10-7-17-12(11(10)8-4-5-8)9-3-2-6-16-13(9)15/h2-3,6-8,17H,4-5H2,1H3. The van der Waals surface area contributed by atoms with Crippen LogP contribution in [0.2, 0.25) is 0 Å². The molecule has 1 fully saturated rings. The lowest BCUT2D eigenvalue weighted by Gasteiger charge is -2.06. The van der Waals surface area contributed by atoms with Crippen molar-refractivity contribution in [1.29, 1.82) is 0 Å². The molecular weight excluding hydrogens is 247 g/mol. The normalized spacial score (nSPS) is 14.4. The molecule has 0 radical (unpaired) electrons. The van der Waals surface area contributed by atoms with Crippen molar-refractivity contribution in [3.8, 4) is 11.3 Å². The summed E-state index contributed by atoms with van der Waals surface area (Å²) in [7, 11) is 1.34. The van der Waals surface area contributed by atoms with Crippen LogP contribution >= 0.6 is 0 Å². The maximum Gasteiger partial charge on any atom is 0.339 e. The molecule has 1 N–H and O–H groups in total. The van der Waals surface area contributed by atoms with E-state index in [2.05, 4.69) is 9.97 Å². The van der Waals surface area contributed by atoms with E-state index in [0.29, 0.717) is 22.7 Å². The summed E-state index contributed by atoms with van der Waals surface area (Å²) in [5.41, 5.74) is 2.36. The molecule has 0 aliphatic heterocycles. The van der Waals surface area contributed by atoms with E-state index in [0.717, 1.165) is 18.4 Å². The number of ether oxygens (including phenoxy) is 1. The number of carbonyl (C=O) groups excluding carboxylic acids is 1. The van der Waals surface area contributed by atoms with Gasteiger partial charge in [-0.15, -0.1) is 0 Å². The summed E-state index contributed by atoms with van der Waals surface area (Å²) < 4.78 is 18.6. The Hall–Kier alpha value is -2.17. The van der Waals surface area contributed by atoms with Crippen LogP contribution < -0.4 is 0 Å². The summed E-state index contributed by atoms with van der Waals surface area (Å²) in [5.74, 6) is -0.633. The quantitative estimate of drug-likeness (QED) is 0.682. The van der Waals surface area contributed by atoms with Crippen LogP contribution in [0.4, 0.5) is 4.39 Å². The van der Waals surface area contributed by atoms with Gasteiger partial charge in [-0.3, -0.25) is 0 Å². The van der Waals surface area contributed by atoms with Crippen LogP contribution in [0.1, 0.15) is 34.7 Å². The van der Waals surface area contributed by atoms with Crippen molar-refractivity contribution < 1.29 is 13.9 Å². The number of hydrogen-bond donors (Lipinski definition) is 1. The zero-order chi connectivity index (χ0) is 13.4. The molecule has 1 aliphatic rings. The maximum atomic E-state index is 13.8. The Morgan fingerprint density at radius 2 is 2.32 bits per heavy atom. The molecule has 2 heterocycles. The van der Waals surface area contributed by atoms with E-state index in [1.807, 2.05) is 0 Å². The number of pyridine rings is 1. The van der Waals surface area contributed by atoms with Gasteiger partial charge in [0.2, 0.25) is 5.95 Å². The predicted molar refractivity (Wildman–Crippen MR) is 67.3 cm³/mol. The lowest BCUT2D eigenvalue weighted by atomic mass is 10.0. The van der Waals surface area contributed by atoms with Crippen molar-refractivity contribution in [3.63, 3.8) is 0 Å². The number of halogens is 1. The SMILES string of the molecule is COC(=O)c1c[nH]c(-c2cccnc2F)c1C1CC1. The zero-order valence-corrected chi connectivity index (χ0v) is 10.4. The number of nitrogens with zero attached hydrogens (tertiary/aromatic N) is 1. The van der Waals surface area contributed by atoms with Gasteiger partial charge in [-0.25, -0.2) is 9.78 Å². The van der Waals surface area contributed by atoms with Gasteiger partial charge in [0.15, 0.2) is 0 Å². The first kappa shape index (κ1) is 11.9. The summed E-state index contributed by atoms with van der Waals surface area (Å²) in [4.78, 5) is 18.4. The Morgan fingerprint density at radius 3 is 2.95 bits per heavy atom. The number of methoxy groups -OCH3 is 1. The molecular formula is C14H13FN2O2. The van der Waals surface area contributed by atoms with Crippen molar-refractivity contribution in [2.75, 3.05) is 7.11 Å². The number of rotatable bonds is 3. The molecule has 0 unspecified atom stereocenters. The second-order valence-electron chi connectivity index (χ2n) is 4.60. The highest BCUT2D eigenvalue weighted by atomic mass is 19.1. The highest BCUT2D eigenvalue weighted by Crippen LogP contribution is 2.46. The van der Waals surface area contributed by atoms with Crippen molar-refractivity contribution in [2.24, 2.45) is 0 Å². The summed E-state index contributed by atoms with van der Waals surface area (Å²) in [6.07, 6.45) is 5.01. The molecule has 0 aromatic carbocycles. The van der Waals surface area contributed by atoms with E-state index in [1.165, 1.54) is 13.3 Å². The number of aromatic amines is 1. The van der Waals surface area contributed by atoms with Gasteiger partial charge >= 0.3 is 5.97 Å². The van der Waals surface area contributed by atoms with Gasteiger partial charge in [-0.05, 0) is 36.5 Å². The zero-order valence-electron chi connectivity index (χ0n) is 10.4. The molecule has 1 saturated carbocycles. The molecule has 2 aromatic heterocycles. The highest BCUT2D eigenvalue weighted by molar-refractivity contribution is 5.94. The minimum Gasteiger partial charge on any atom is -0.465 e. The molecule has 0 bridgehead atoms. The fraction of sp³-hybridized carbons (Fsp3) is 0.286. The lowest BCUT2D eigenvalue weighted by molar-refractivity contribution is 0.0599. The monoisotopic (exact) mass is 260 g/mol. The van der Waals surface area contributed by atoms with Gasteiger partial charge in [-0.1, -0.05) is 0 Å². The van der Waals surface area contributed by atoms with Crippen molar-refractivity contribution >= 4 is 5.97 Å². The van der Waals surface area contributed by atoms with E-state index in [-0.39, 0.29) is 0 Å². The molecule has 5 heteroatoms. The Labute approximate surface area is 109 Å². The van der Waals surface area contributed by atoms with E-state index in [4.69, 9.17) is 4.74 Å². The molecule has 0 atom stereocenters. The van der Waals surface area contributed by atoms with Crippen molar-refractivity contribution in [1.82, 2.24) is 9.97 Å². The molecule has 98 valence electrons. The topological polar surface area (TPSA) is 55.0 Å². The van der Waals surface area contributed by atoms with Gasteiger partial charge in [-0.2, -0.15) is 4.39 Å². The third-order valence-corrected chi connectivity index (χ3v) is 3.34. The van der Waals surface area contributed by atoms with Gasteiger partial charge in [0.05, 0.1) is 23.9 Å². The van der Waals surface area contributed by atoms with Crippen LogP contribution in [-0.2, 0) is 4.74 Å². The number of hydrogen-bond acceptors (Lipinski definition) is 3. The predicted octanol–water partition coefficient (Wildman–Crippen LogP) is 2.88. The Balaban J connectivity index is 2.15. The molecule has 0 amide bonds. The molecule has 2 aromatic rings. The summed E-state index contributed by atoms with van der Waals surface area (Å²) in [6, 6.07) is 3.33. The summed E-state index contributed by atoms with van der Waals surface area (Å²) >= 11 is 0. The first-order valence-electron chi connectivity index (χ1n) is 6.13. The maximum absolute atomic E-state index is 13.8. The number of carbonyl (C=O) groups is 1. The van der Waals surface area contributed by atoms with E-state index >= 15 is 0 Å². The van der Waals surface area contributed by atoms with Crippen LogP contribution in [0.25, 0.3) is 11.3 Å². The van der Waals surface area contributed by atoms with Crippen LogP contribution in [-0.4, -0.2) is 23.0 Å². The van der Waals surface area contributed by atoms with Crippen molar-refractivity contribution in [2.45, 2.75) is 18.8 Å². The van der Waals surface area contributed by atoms with Crippen LogP contribution in [0.15, 0.2) is 24.5 Å². The molecule has 1 aliphatic carbocycles. The lowest BCUT2D eigenvalue weighted by Crippen LogP contribution is -2.03. The fourth-order valence-electron chi connectivity index (χ4n) is 2.30. The number of aromatic nitrogens is 2. The smallest absolute Gasteiger partial charge is 0.339 e. The first-order valence-corrected chi connectivity index (χ1v) is 6.13. The Kier molecular flexibility index (Phi) is 2.81. The highest BCUT2D eigenvalue weighted by Gasteiger charge is 2.33. The first-order chi connectivity index (χ1) is 9.22. The van der Waals surface area contributed by atoms with Gasteiger partial charge < -0.3 is 9.72 Å². The summed E-state index contributed by atoms with van der Waals surface area (Å²) in [6.45, 7) is 0. The van der Waals surface area contributed by atoms with Crippen molar-refractivity contribution in [3.05, 3.63) is 41.6 Å². The third-order valence-electron chi connectivity index (χ3n) is 3.34. The van der Waals surface area contributed by atoms with E-state index in [9.17, 15) is 9.18 Å². The second kappa shape index (κ2) is 4.50. The molecule has 3 rings (SSSR count). The van der Waals surface area contributed by atoms with Gasteiger partial charge in [0.25, 0.3) is 0 Å². The number of nitrogens with one attached hydrogen (secondary N) is 1. The summed E-state index contributed by atoms with van der Waals surface area (Å²) in [5, 5.41) is 0. The number of esters is 1. The van der Waals surface area contributed by atoms with Gasteiger partial charge in [0.1, 0.15) is 0 Å².